The lowest BCUT2D eigenvalue weighted by Crippen LogP contribution is -2.21. The van der Waals surface area contributed by atoms with Gasteiger partial charge in [0.2, 0.25) is 0 Å². The zero-order valence-corrected chi connectivity index (χ0v) is 10.8. The van der Waals surface area contributed by atoms with Gasteiger partial charge in [0.1, 0.15) is 0 Å². The minimum absolute atomic E-state index is 0.358. The van der Waals surface area contributed by atoms with E-state index in [9.17, 15) is 0 Å². The number of rotatable bonds is 10. The van der Waals surface area contributed by atoms with Gasteiger partial charge in [-0.15, -0.1) is 0 Å². The number of methoxy groups -OCH3 is 1. The molecule has 0 radical (unpaired) electrons. The Bertz CT molecular complexity index is 128. The molecule has 2 atom stereocenters. The number of unbranched alkanes of at least 4 members (excludes halogenated alkanes) is 4. The summed E-state index contributed by atoms with van der Waals surface area (Å²) in [5, 5.41) is 0. The summed E-state index contributed by atoms with van der Waals surface area (Å²) in [5.74, 6) is 0. The van der Waals surface area contributed by atoms with Crippen molar-refractivity contribution in [3.8, 4) is 0 Å². The molecule has 0 amide bonds. The Balaban J connectivity index is 3.21. The van der Waals surface area contributed by atoms with Crippen molar-refractivity contribution in [1.29, 1.82) is 0 Å². The quantitative estimate of drug-likeness (QED) is 0.566. The van der Waals surface area contributed by atoms with Crippen LogP contribution in [0.1, 0.15) is 65.2 Å². The fourth-order valence-corrected chi connectivity index (χ4v) is 1.72. The smallest absolute Gasteiger partial charge is 0.0543 e. The monoisotopic (exact) mass is 215 g/mol. The van der Waals surface area contributed by atoms with Crippen LogP contribution in [0.25, 0.3) is 0 Å². The van der Waals surface area contributed by atoms with E-state index in [-0.39, 0.29) is 0 Å². The Labute approximate surface area is 95.6 Å². The molecule has 0 aromatic heterocycles. The predicted molar refractivity (Wildman–Crippen MR) is 67.1 cm³/mol. The predicted octanol–water partition coefficient (Wildman–Crippen LogP) is 3.49. The lowest BCUT2D eigenvalue weighted by Gasteiger charge is -2.14. The van der Waals surface area contributed by atoms with Crippen LogP contribution in [0.3, 0.4) is 0 Å². The summed E-state index contributed by atoms with van der Waals surface area (Å²) in [7, 11) is 1.76. The molecule has 0 aliphatic carbocycles. The maximum Gasteiger partial charge on any atom is 0.0543 e. The second-order valence-corrected chi connectivity index (χ2v) is 4.59. The van der Waals surface area contributed by atoms with Gasteiger partial charge in [-0.25, -0.2) is 0 Å². The molecule has 0 heterocycles. The van der Waals surface area contributed by atoms with E-state index >= 15 is 0 Å². The Hall–Kier alpha value is -0.0800. The van der Waals surface area contributed by atoms with Gasteiger partial charge in [-0.1, -0.05) is 39.0 Å². The molecule has 0 saturated carbocycles. The highest BCUT2D eigenvalue weighted by atomic mass is 16.5. The first-order valence-corrected chi connectivity index (χ1v) is 6.49. The maximum absolute atomic E-state index is 6.04. The Morgan fingerprint density at radius 2 is 1.67 bits per heavy atom. The van der Waals surface area contributed by atoms with Crippen molar-refractivity contribution >= 4 is 0 Å². The molecule has 0 saturated heterocycles. The number of nitrogens with two attached hydrogens (primary N) is 1. The molecule has 0 spiro atoms. The molecule has 2 heteroatoms. The van der Waals surface area contributed by atoms with Crippen LogP contribution in [-0.2, 0) is 4.74 Å². The van der Waals surface area contributed by atoms with Gasteiger partial charge in [0.05, 0.1) is 6.10 Å². The molecule has 92 valence electrons. The molecule has 0 aliphatic rings. The first-order valence-electron chi connectivity index (χ1n) is 6.49. The molecule has 0 aliphatic heterocycles. The number of hydrogen-bond donors (Lipinski definition) is 1. The first kappa shape index (κ1) is 14.9. The third-order valence-corrected chi connectivity index (χ3v) is 3.02. The molecule has 0 aromatic rings. The van der Waals surface area contributed by atoms with Crippen LogP contribution in [-0.4, -0.2) is 19.3 Å². The van der Waals surface area contributed by atoms with Gasteiger partial charge in [0.15, 0.2) is 0 Å². The fourth-order valence-electron chi connectivity index (χ4n) is 1.72. The van der Waals surface area contributed by atoms with E-state index in [1.54, 1.807) is 7.11 Å². The number of hydrogen-bond acceptors (Lipinski definition) is 2. The van der Waals surface area contributed by atoms with E-state index in [2.05, 4.69) is 13.8 Å². The first-order chi connectivity index (χ1) is 7.20. The lowest BCUT2D eigenvalue weighted by atomic mass is 10.0. The summed E-state index contributed by atoms with van der Waals surface area (Å²) in [6.07, 6.45) is 10.4. The molecule has 0 rings (SSSR count). The van der Waals surface area contributed by atoms with Crippen molar-refractivity contribution in [2.24, 2.45) is 5.73 Å². The average molecular weight is 215 g/mol. The second kappa shape index (κ2) is 10.4. The molecule has 0 bridgehead atoms. The van der Waals surface area contributed by atoms with E-state index < -0.39 is 0 Å². The molecule has 0 aromatic carbocycles. The minimum Gasteiger partial charge on any atom is -0.382 e. The van der Waals surface area contributed by atoms with Crippen molar-refractivity contribution in [2.45, 2.75) is 77.4 Å². The molecule has 2 unspecified atom stereocenters. The van der Waals surface area contributed by atoms with Gasteiger partial charge < -0.3 is 10.5 Å². The molecule has 15 heavy (non-hydrogen) atoms. The third-order valence-electron chi connectivity index (χ3n) is 3.02. The summed E-state index contributed by atoms with van der Waals surface area (Å²) in [5.41, 5.74) is 6.04. The van der Waals surface area contributed by atoms with Gasteiger partial charge in [-0.3, -0.25) is 0 Å². The van der Waals surface area contributed by atoms with Crippen LogP contribution < -0.4 is 5.73 Å². The average Bonchev–Trinajstić information content (AvgIpc) is 2.25. The van der Waals surface area contributed by atoms with Gasteiger partial charge in [-0.2, -0.15) is 0 Å². The Morgan fingerprint density at radius 3 is 2.27 bits per heavy atom. The normalized spacial score (nSPS) is 15.2. The summed E-state index contributed by atoms with van der Waals surface area (Å²) >= 11 is 0. The second-order valence-electron chi connectivity index (χ2n) is 4.59. The van der Waals surface area contributed by atoms with Crippen molar-refractivity contribution in [2.75, 3.05) is 7.11 Å². The van der Waals surface area contributed by atoms with Crippen LogP contribution in [0.5, 0.6) is 0 Å². The van der Waals surface area contributed by atoms with Crippen LogP contribution in [0, 0.1) is 0 Å². The Kier molecular flexibility index (Phi) is 10.4. The standard InChI is InChI=1S/C13H29NO/c1-4-5-6-7-8-9-13(14)11-10-12(2)15-3/h12-13H,4-11,14H2,1-3H3. The van der Waals surface area contributed by atoms with E-state index in [4.69, 9.17) is 10.5 Å². The SMILES string of the molecule is CCCCCCCC(N)CCC(C)OC. The maximum atomic E-state index is 6.04. The molecule has 2 N–H and O–H groups in total. The van der Waals surface area contributed by atoms with E-state index in [1.165, 1.54) is 38.5 Å². The van der Waals surface area contributed by atoms with Crippen LogP contribution >= 0.6 is 0 Å². The minimum atomic E-state index is 0.358. The fraction of sp³-hybridized carbons (Fsp3) is 1.00. The summed E-state index contributed by atoms with van der Waals surface area (Å²) in [4.78, 5) is 0. The van der Waals surface area contributed by atoms with Gasteiger partial charge >= 0.3 is 0 Å². The zero-order valence-electron chi connectivity index (χ0n) is 10.8. The molecule has 2 nitrogen and oxygen atoms in total. The van der Waals surface area contributed by atoms with E-state index in [0.717, 1.165) is 12.8 Å². The summed E-state index contributed by atoms with van der Waals surface area (Å²) in [6, 6.07) is 0.379. The largest absolute Gasteiger partial charge is 0.382 e. The number of ether oxygens (including phenoxy) is 1. The molecular formula is C13H29NO. The van der Waals surface area contributed by atoms with E-state index in [1.807, 2.05) is 0 Å². The highest BCUT2D eigenvalue weighted by Gasteiger charge is 2.05. The Morgan fingerprint density at radius 1 is 1.00 bits per heavy atom. The van der Waals surface area contributed by atoms with E-state index in [0.29, 0.717) is 12.1 Å². The van der Waals surface area contributed by atoms with Crippen LogP contribution in [0.15, 0.2) is 0 Å². The summed E-state index contributed by atoms with van der Waals surface area (Å²) < 4.78 is 5.20. The topological polar surface area (TPSA) is 35.2 Å². The zero-order chi connectivity index (χ0) is 11.5. The highest BCUT2D eigenvalue weighted by Crippen LogP contribution is 2.10. The third kappa shape index (κ3) is 10.2. The van der Waals surface area contributed by atoms with Crippen LogP contribution in [0.2, 0.25) is 0 Å². The van der Waals surface area contributed by atoms with Crippen LogP contribution in [0.4, 0.5) is 0 Å². The van der Waals surface area contributed by atoms with Gasteiger partial charge in [-0.05, 0) is 26.2 Å². The van der Waals surface area contributed by atoms with Crippen molar-refractivity contribution in [3.05, 3.63) is 0 Å². The van der Waals surface area contributed by atoms with Crippen molar-refractivity contribution < 1.29 is 4.74 Å². The molecular weight excluding hydrogens is 186 g/mol. The van der Waals surface area contributed by atoms with Crippen molar-refractivity contribution in [3.63, 3.8) is 0 Å². The lowest BCUT2D eigenvalue weighted by molar-refractivity contribution is 0.107. The van der Waals surface area contributed by atoms with Crippen molar-refractivity contribution in [1.82, 2.24) is 0 Å². The highest BCUT2D eigenvalue weighted by molar-refractivity contribution is 4.63. The van der Waals surface area contributed by atoms with Gasteiger partial charge in [0, 0.05) is 13.2 Å². The van der Waals surface area contributed by atoms with Gasteiger partial charge in [0.25, 0.3) is 0 Å². The summed E-state index contributed by atoms with van der Waals surface area (Å²) in [6.45, 7) is 4.35. The molecule has 0 fully saturated rings.